The summed E-state index contributed by atoms with van der Waals surface area (Å²) in [6.07, 6.45) is 1.98. The highest BCUT2D eigenvalue weighted by molar-refractivity contribution is 5.86. The molecule has 4 rings (SSSR count). The molecule has 1 aliphatic heterocycles. The number of nitrogens with one attached hydrogen (secondary N) is 2. The molecule has 0 atom stereocenters. The highest BCUT2D eigenvalue weighted by Crippen LogP contribution is 2.34. The summed E-state index contributed by atoms with van der Waals surface area (Å²) in [7, 11) is 3.22. The van der Waals surface area contributed by atoms with Gasteiger partial charge in [-0.2, -0.15) is 0 Å². The number of nitrogens with zero attached hydrogens (tertiary/aromatic N) is 1. The maximum atomic E-state index is 12.0. The summed E-state index contributed by atoms with van der Waals surface area (Å²) in [6.45, 7) is 0.756. The molecule has 0 radical (unpaired) electrons. The van der Waals surface area contributed by atoms with Crippen molar-refractivity contribution in [1.29, 1.82) is 0 Å². The van der Waals surface area contributed by atoms with Gasteiger partial charge < -0.3 is 29.4 Å². The number of methoxy groups -OCH3 is 1. The number of hydrogen-bond donors (Lipinski definition) is 2. The van der Waals surface area contributed by atoms with Crippen molar-refractivity contribution in [2.75, 3.05) is 34.0 Å². The number of fused-ring (bicyclic) bond motifs is 2. The van der Waals surface area contributed by atoms with Gasteiger partial charge in [-0.1, -0.05) is 6.07 Å². The lowest BCUT2D eigenvalue weighted by molar-refractivity contribution is -0.127. The Morgan fingerprint density at radius 2 is 2.06 bits per heavy atom. The summed E-state index contributed by atoms with van der Waals surface area (Å²) in [6, 6.07) is 11.9. The lowest BCUT2D eigenvalue weighted by Gasteiger charge is -2.11. The van der Waals surface area contributed by atoms with Crippen LogP contribution in [-0.2, 0) is 22.4 Å². The van der Waals surface area contributed by atoms with E-state index in [1.807, 2.05) is 36.4 Å². The summed E-state index contributed by atoms with van der Waals surface area (Å²) in [5.41, 5.74) is 4.29. The average Bonchev–Trinajstić information content (AvgIpc) is 3.37. The minimum atomic E-state index is -0.187. The normalized spacial score (nSPS) is 12.1. The predicted octanol–water partition coefficient (Wildman–Crippen LogP) is 2.24. The zero-order chi connectivity index (χ0) is 21.8. The monoisotopic (exact) mass is 423 g/mol. The Labute approximate surface area is 180 Å². The summed E-state index contributed by atoms with van der Waals surface area (Å²) in [5.74, 6) is 2.10. The third-order valence-corrected chi connectivity index (χ3v) is 5.29. The molecule has 2 N–H and O–H groups in total. The zero-order valence-corrected chi connectivity index (χ0v) is 17.6. The Bertz CT molecular complexity index is 1110. The molecule has 8 nitrogen and oxygen atoms in total. The van der Waals surface area contributed by atoms with Crippen LogP contribution in [0.25, 0.3) is 10.9 Å². The van der Waals surface area contributed by atoms with Gasteiger partial charge in [-0.15, -0.1) is 0 Å². The van der Waals surface area contributed by atoms with Crippen LogP contribution in [0.15, 0.2) is 36.4 Å². The van der Waals surface area contributed by atoms with E-state index in [9.17, 15) is 9.59 Å². The standard InChI is InChI=1S/C23H25N3O5/c1-26(13-27)12-23(28)24-8-7-18-17-5-4-16(29-2)11-20(17)25-19(18)9-15-3-6-21-22(10-15)31-14-30-21/h3-6,10-11,13,25H,7-9,12,14H2,1-2H3,(H,24,28). The van der Waals surface area contributed by atoms with Gasteiger partial charge in [0.25, 0.3) is 0 Å². The Balaban J connectivity index is 1.56. The Hall–Kier alpha value is -3.68. The number of hydrogen-bond acceptors (Lipinski definition) is 5. The molecule has 0 unspecified atom stereocenters. The zero-order valence-electron chi connectivity index (χ0n) is 17.6. The van der Waals surface area contributed by atoms with E-state index in [2.05, 4.69) is 10.3 Å². The fraction of sp³-hybridized carbons (Fsp3) is 0.304. The van der Waals surface area contributed by atoms with Gasteiger partial charge in [-0.05, 0) is 41.8 Å². The third-order valence-electron chi connectivity index (χ3n) is 5.29. The quantitative estimate of drug-likeness (QED) is 0.515. The van der Waals surface area contributed by atoms with Gasteiger partial charge in [-0.3, -0.25) is 9.59 Å². The number of carbonyl (C=O) groups excluding carboxylic acids is 2. The highest BCUT2D eigenvalue weighted by Gasteiger charge is 2.17. The largest absolute Gasteiger partial charge is 0.497 e. The van der Waals surface area contributed by atoms with Gasteiger partial charge in [0, 0.05) is 42.7 Å². The number of aromatic nitrogens is 1. The second-order valence-corrected chi connectivity index (χ2v) is 7.48. The Morgan fingerprint density at radius 3 is 2.87 bits per heavy atom. The fourth-order valence-corrected chi connectivity index (χ4v) is 3.76. The van der Waals surface area contributed by atoms with Crippen molar-refractivity contribution in [3.8, 4) is 17.2 Å². The highest BCUT2D eigenvalue weighted by atomic mass is 16.7. The van der Waals surface area contributed by atoms with Gasteiger partial charge in [-0.25, -0.2) is 0 Å². The molecule has 2 amide bonds. The van der Waals surface area contributed by atoms with Crippen molar-refractivity contribution < 1.29 is 23.8 Å². The topological polar surface area (TPSA) is 92.9 Å². The molecule has 0 saturated carbocycles. The molecule has 0 saturated heterocycles. The maximum Gasteiger partial charge on any atom is 0.239 e. The molecule has 2 heterocycles. The van der Waals surface area contributed by atoms with E-state index in [-0.39, 0.29) is 19.2 Å². The number of aromatic amines is 1. The van der Waals surface area contributed by atoms with Gasteiger partial charge >= 0.3 is 0 Å². The van der Waals surface area contributed by atoms with Crippen LogP contribution in [-0.4, -0.2) is 56.2 Å². The SMILES string of the molecule is COc1ccc2c(CCNC(=O)CN(C)C=O)c(Cc3ccc4c(c3)OCO4)[nH]c2c1. The number of amides is 2. The van der Waals surface area contributed by atoms with E-state index in [1.54, 1.807) is 14.2 Å². The molecule has 0 fully saturated rings. The number of ether oxygens (including phenoxy) is 3. The molecule has 0 spiro atoms. The van der Waals surface area contributed by atoms with Crippen LogP contribution in [0.1, 0.15) is 16.8 Å². The summed E-state index contributed by atoms with van der Waals surface area (Å²) < 4.78 is 16.3. The van der Waals surface area contributed by atoms with Gasteiger partial charge in [0.2, 0.25) is 19.1 Å². The lowest BCUT2D eigenvalue weighted by atomic mass is 10.0. The first-order chi connectivity index (χ1) is 15.1. The number of H-pyrrole nitrogens is 1. The molecule has 1 aromatic heterocycles. The van der Waals surface area contributed by atoms with Crippen LogP contribution in [0.4, 0.5) is 0 Å². The van der Waals surface area contributed by atoms with E-state index >= 15 is 0 Å². The smallest absolute Gasteiger partial charge is 0.239 e. The minimum Gasteiger partial charge on any atom is -0.497 e. The lowest BCUT2D eigenvalue weighted by Crippen LogP contribution is -2.35. The number of carbonyl (C=O) groups is 2. The van der Waals surface area contributed by atoms with Gasteiger partial charge in [0.05, 0.1) is 13.7 Å². The number of benzene rings is 2. The first kappa shape index (κ1) is 20.6. The van der Waals surface area contributed by atoms with E-state index in [1.165, 1.54) is 4.90 Å². The van der Waals surface area contributed by atoms with Crippen molar-refractivity contribution in [3.63, 3.8) is 0 Å². The average molecular weight is 423 g/mol. The van der Waals surface area contributed by atoms with Crippen molar-refractivity contribution in [2.45, 2.75) is 12.8 Å². The van der Waals surface area contributed by atoms with Crippen LogP contribution >= 0.6 is 0 Å². The van der Waals surface area contributed by atoms with Crippen LogP contribution in [0, 0.1) is 0 Å². The van der Waals surface area contributed by atoms with Crippen LogP contribution in [0.3, 0.4) is 0 Å². The predicted molar refractivity (Wildman–Crippen MR) is 116 cm³/mol. The molecule has 31 heavy (non-hydrogen) atoms. The van der Waals surface area contributed by atoms with Crippen molar-refractivity contribution in [3.05, 3.63) is 53.2 Å². The molecule has 8 heteroatoms. The van der Waals surface area contributed by atoms with E-state index in [0.717, 1.165) is 45.0 Å². The minimum absolute atomic E-state index is 0.0403. The van der Waals surface area contributed by atoms with Crippen LogP contribution in [0.5, 0.6) is 17.2 Å². The van der Waals surface area contributed by atoms with Crippen LogP contribution < -0.4 is 19.5 Å². The third kappa shape index (κ3) is 4.58. The first-order valence-corrected chi connectivity index (χ1v) is 10.1. The van der Waals surface area contributed by atoms with Crippen molar-refractivity contribution >= 4 is 23.2 Å². The Kier molecular flexibility index (Phi) is 5.97. The van der Waals surface area contributed by atoms with E-state index in [0.29, 0.717) is 25.8 Å². The number of rotatable bonds is 9. The molecule has 2 aromatic carbocycles. The second-order valence-electron chi connectivity index (χ2n) is 7.48. The van der Waals surface area contributed by atoms with Gasteiger partial charge in [0.1, 0.15) is 5.75 Å². The first-order valence-electron chi connectivity index (χ1n) is 10.1. The van der Waals surface area contributed by atoms with E-state index < -0.39 is 0 Å². The van der Waals surface area contributed by atoms with Crippen LogP contribution in [0.2, 0.25) is 0 Å². The fourth-order valence-electron chi connectivity index (χ4n) is 3.76. The maximum absolute atomic E-state index is 12.0. The summed E-state index contributed by atoms with van der Waals surface area (Å²) >= 11 is 0. The molecule has 3 aromatic rings. The number of likely N-dealkylation sites (N-methyl/N-ethyl adjacent to an activating group) is 1. The Morgan fingerprint density at radius 1 is 1.23 bits per heavy atom. The molecule has 162 valence electrons. The van der Waals surface area contributed by atoms with E-state index in [4.69, 9.17) is 14.2 Å². The molecule has 0 aliphatic carbocycles. The summed E-state index contributed by atoms with van der Waals surface area (Å²) in [5, 5.41) is 3.98. The summed E-state index contributed by atoms with van der Waals surface area (Å²) in [4.78, 5) is 27.5. The van der Waals surface area contributed by atoms with Gasteiger partial charge in [0.15, 0.2) is 11.5 Å². The molecular weight excluding hydrogens is 398 g/mol. The van der Waals surface area contributed by atoms with Crippen molar-refractivity contribution in [2.24, 2.45) is 0 Å². The molecule has 1 aliphatic rings. The van der Waals surface area contributed by atoms with Crippen molar-refractivity contribution in [1.82, 2.24) is 15.2 Å². The molecular formula is C23H25N3O5. The molecule has 0 bridgehead atoms. The second kappa shape index (κ2) is 8.99.